The number of nitrogens with two attached hydrogens (primary N) is 1. The van der Waals surface area contributed by atoms with Gasteiger partial charge in [-0.3, -0.25) is 0 Å². The maximum atomic E-state index is 13.3. The van der Waals surface area contributed by atoms with Crippen LogP contribution in [0, 0.1) is 12.7 Å². The van der Waals surface area contributed by atoms with E-state index in [9.17, 15) is 4.39 Å². The van der Waals surface area contributed by atoms with Gasteiger partial charge in [-0.25, -0.2) is 14.4 Å². The quantitative estimate of drug-likeness (QED) is 0.866. The topological polar surface area (TPSA) is 61.0 Å². The first kappa shape index (κ1) is 11.8. The standard InChI is InChI=1S/C11H9BrFN3O/c1-6-2-11(16-5-15-6)17-10-4-8(13)7(12)3-9(10)14/h2-5H,14H2,1H3. The molecule has 0 atom stereocenters. The first-order valence-corrected chi connectivity index (χ1v) is 5.56. The zero-order chi connectivity index (χ0) is 12.4. The highest BCUT2D eigenvalue weighted by molar-refractivity contribution is 9.10. The summed E-state index contributed by atoms with van der Waals surface area (Å²) in [5, 5.41) is 0. The molecule has 17 heavy (non-hydrogen) atoms. The molecule has 1 aromatic carbocycles. The second kappa shape index (κ2) is 4.67. The summed E-state index contributed by atoms with van der Waals surface area (Å²) in [5.74, 6) is 0.106. The molecule has 0 spiro atoms. The van der Waals surface area contributed by atoms with Crippen molar-refractivity contribution in [2.75, 3.05) is 5.73 Å². The van der Waals surface area contributed by atoms with Gasteiger partial charge in [0.05, 0.1) is 10.2 Å². The van der Waals surface area contributed by atoms with E-state index in [0.29, 0.717) is 16.0 Å². The van der Waals surface area contributed by atoms with Gasteiger partial charge in [0.15, 0.2) is 5.75 Å². The Morgan fingerprint density at radius 3 is 2.76 bits per heavy atom. The van der Waals surface area contributed by atoms with Crippen LogP contribution in [0.5, 0.6) is 11.6 Å². The smallest absolute Gasteiger partial charge is 0.222 e. The van der Waals surface area contributed by atoms with E-state index in [-0.39, 0.29) is 5.75 Å². The Kier molecular flexibility index (Phi) is 3.23. The summed E-state index contributed by atoms with van der Waals surface area (Å²) in [6, 6.07) is 4.29. The molecule has 4 nitrogen and oxygen atoms in total. The molecule has 2 aromatic rings. The van der Waals surface area contributed by atoms with Gasteiger partial charge in [-0.05, 0) is 28.9 Å². The Balaban J connectivity index is 2.33. The van der Waals surface area contributed by atoms with Crippen LogP contribution in [0.1, 0.15) is 5.69 Å². The lowest BCUT2D eigenvalue weighted by Crippen LogP contribution is -1.96. The van der Waals surface area contributed by atoms with Gasteiger partial charge >= 0.3 is 0 Å². The minimum atomic E-state index is -0.444. The molecular formula is C11H9BrFN3O. The molecule has 6 heteroatoms. The minimum absolute atomic E-state index is 0.226. The van der Waals surface area contributed by atoms with Crippen molar-refractivity contribution in [3.05, 3.63) is 40.5 Å². The Labute approximate surface area is 106 Å². The van der Waals surface area contributed by atoms with E-state index in [1.807, 2.05) is 0 Å². The number of aryl methyl sites for hydroxylation is 1. The molecule has 0 bridgehead atoms. The van der Waals surface area contributed by atoms with Crippen LogP contribution < -0.4 is 10.5 Å². The van der Waals surface area contributed by atoms with Crippen molar-refractivity contribution in [2.24, 2.45) is 0 Å². The molecule has 0 unspecified atom stereocenters. The molecule has 2 rings (SSSR count). The summed E-state index contributed by atoms with van der Waals surface area (Å²) in [5.41, 5.74) is 6.80. The van der Waals surface area contributed by atoms with Gasteiger partial charge in [0.1, 0.15) is 12.1 Å². The van der Waals surface area contributed by atoms with E-state index in [4.69, 9.17) is 10.5 Å². The Morgan fingerprint density at radius 1 is 1.29 bits per heavy atom. The summed E-state index contributed by atoms with van der Waals surface area (Å²) >= 11 is 3.04. The van der Waals surface area contributed by atoms with E-state index in [1.54, 1.807) is 13.0 Å². The lowest BCUT2D eigenvalue weighted by atomic mass is 10.3. The fourth-order valence-electron chi connectivity index (χ4n) is 1.23. The van der Waals surface area contributed by atoms with E-state index in [0.717, 1.165) is 5.69 Å². The average Bonchev–Trinajstić information content (AvgIpc) is 2.26. The second-order valence-electron chi connectivity index (χ2n) is 3.40. The number of rotatable bonds is 2. The van der Waals surface area contributed by atoms with Gasteiger partial charge in [0.25, 0.3) is 0 Å². The summed E-state index contributed by atoms with van der Waals surface area (Å²) in [6.45, 7) is 1.81. The Hall–Kier alpha value is -1.69. The lowest BCUT2D eigenvalue weighted by Gasteiger charge is -2.08. The van der Waals surface area contributed by atoms with Gasteiger partial charge < -0.3 is 10.5 Å². The van der Waals surface area contributed by atoms with Crippen LogP contribution in [0.15, 0.2) is 29.0 Å². The highest BCUT2D eigenvalue weighted by Gasteiger charge is 2.08. The molecule has 0 aliphatic carbocycles. The predicted molar refractivity (Wildman–Crippen MR) is 65.4 cm³/mol. The number of nitrogen functional groups attached to an aromatic ring is 1. The molecule has 0 fully saturated rings. The van der Waals surface area contributed by atoms with Crippen molar-refractivity contribution in [2.45, 2.75) is 6.92 Å². The number of halogens is 2. The predicted octanol–water partition coefficient (Wildman–Crippen LogP) is 3.06. The zero-order valence-electron chi connectivity index (χ0n) is 8.95. The summed E-state index contributed by atoms with van der Waals surface area (Å²) in [7, 11) is 0. The number of nitrogens with zero attached hydrogens (tertiary/aromatic N) is 2. The minimum Gasteiger partial charge on any atom is -0.437 e. The molecule has 88 valence electrons. The fourth-order valence-corrected chi connectivity index (χ4v) is 1.59. The number of aromatic nitrogens is 2. The van der Waals surface area contributed by atoms with Gasteiger partial charge in [0, 0.05) is 17.8 Å². The van der Waals surface area contributed by atoms with Crippen molar-refractivity contribution in [1.82, 2.24) is 9.97 Å². The molecular weight excluding hydrogens is 289 g/mol. The maximum absolute atomic E-state index is 13.3. The summed E-state index contributed by atoms with van der Waals surface area (Å²) < 4.78 is 19.0. The van der Waals surface area contributed by atoms with Gasteiger partial charge in [-0.1, -0.05) is 0 Å². The third-order valence-corrected chi connectivity index (χ3v) is 2.65. The number of hydrogen-bond acceptors (Lipinski definition) is 4. The van der Waals surface area contributed by atoms with Gasteiger partial charge in [-0.2, -0.15) is 0 Å². The average molecular weight is 298 g/mol. The van der Waals surface area contributed by atoms with Crippen molar-refractivity contribution >= 4 is 21.6 Å². The Morgan fingerprint density at radius 2 is 2.06 bits per heavy atom. The third kappa shape index (κ3) is 2.71. The van der Waals surface area contributed by atoms with Crippen LogP contribution in [-0.4, -0.2) is 9.97 Å². The summed E-state index contributed by atoms with van der Waals surface area (Å²) in [4.78, 5) is 7.84. The van der Waals surface area contributed by atoms with Crippen LogP contribution in [-0.2, 0) is 0 Å². The van der Waals surface area contributed by atoms with Crippen LogP contribution >= 0.6 is 15.9 Å². The highest BCUT2D eigenvalue weighted by Crippen LogP contribution is 2.31. The maximum Gasteiger partial charge on any atom is 0.222 e. The number of anilines is 1. The second-order valence-corrected chi connectivity index (χ2v) is 4.26. The van der Waals surface area contributed by atoms with Gasteiger partial charge in [-0.15, -0.1) is 0 Å². The molecule has 2 N–H and O–H groups in total. The first-order valence-electron chi connectivity index (χ1n) is 4.77. The Bertz CT molecular complexity index is 562. The van der Waals surface area contributed by atoms with Crippen molar-refractivity contribution in [1.29, 1.82) is 0 Å². The van der Waals surface area contributed by atoms with Crippen molar-refractivity contribution in [3.63, 3.8) is 0 Å². The molecule has 0 aliphatic rings. The number of ether oxygens (including phenoxy) is 1. The largest absolute Gasteiger partial charge is 0.437 e. The van der Waals surface area contributed by atoms with E-state index in [1.165, 1.54) is 18.5 Å². The molecule has 0 aliphatic heterocycles. The first-order chi connectivity index (χ1) is 8.06. The summed E-state index contributed by atoms with van der Waals surface area (Å²) in [6.07, 6.45) is 1.37. The number of benzene rings is 1. The lowest BCUT2D eigenvalue weighted by molar-refractivity contribution is 0.458. The monoisotopic (exact) mass is 297 g/mol. The van der Waals surface area contributed by atoms with Crippen LogP contribution in [0.25, 0.3) is 0 Å². The van der Waals surface area contributed by atoms with E-state index >= 15 is 0 Å². The highest BCUT2D eigenvalue weighted by atomic mass is 79.9. The molecule has 0 saturated heterocycles. The molecule has 1 aromatic heterocycles. The fraction of sp³-hybridized carbons (Fsp3) is 0.0909. The number of hydrogen-bond donors (Lipinski definition) is 1. The van der Waals surface area contributed by atoms with E-state index < -0.39 is 5.82 Å². The van der Waals surface area contributed by atoms with Crippen LogP contribution in [0.3, 0.4) is 0 Å². The van der Waals surface area contributed by atoms with Gasteiger partial charge in [0.2, 0.25) is 5.88 Å². The SMILES string of the molecule is Cc1cc(Oc2cc(F)c(Br)cc2N)ncn1. The van der Waals surface area contributed by atoms with Crippen LogP contribution in [0.2, 0.25) is 0 Å². The van der Waals surface area contributed by atoms with Crippen molar-refractivity contribution < 1.29 is 9.13 Å². The zero-order valence-corrected chi connectivity index (χ0v) is 10.5. The molecule has 0 amide bonds. The normalized spacial score (nSPS) is 10.3. The van der Waals surface area contributed by atoms with E-state index in [2.05, 4.69) is 25.9 Å². The third-order valence-electron chi connectivity index (χ3n) is 2.05. The molecule has 0 radical (unpaired) electrons. The van der Waals surface area contributed by atoms with Crippen LogP contribution in [0.4, 0.5) is 10.1 Å². The molecule has 1 heterocycles. The molecule has 0 saturated carbocycles. The van der Waals surface area contributed by atoms with Crippen molar-refractivity contribution in [3.8, 4) is 11.6 Å².